The number of carboxylic acids is 1. The van der Waals surface area contributed by atoms with Crippen LogP contribution in [-0.2, 0) is 11.3 Å². The summed E-state index contributed by atoms with van der Waals surface area (Å²) in [4.78, 5) is 23.4. The maximum atomic E-state index is 12.4. The number of hydrogen-bond donors (Lipinski definition) is 1. The van der Waals surface area contributed by atoms with Crippen molar-refractivity contribution in [3.8, 4) is 0 Å². The van der Waals surface area contributed by atoms with Crippen LogP contribution in [0.15, 0.2) is 53.3 Å². The predicted molar refractivity (Wildman–Crippen MR) is 73.3 cm³/mol. The Morgan fingerprint density at radius 3 is 1.85 bits per heavy atom. The third-order valence-corrected chi connectivity index (χ3v) is 3.17. The van der Waals surface area contributed by atoms with Crippen LogP contribution in [0, 0.1) is 0 Å². The molecule has 0 fully saturated rings. The Bertz CT molecular complexity index is 794. The van der Waals surface area contributed by atoms with Gasteiger partial charge in [0.05, 0.1) is 11.0 Å². The molecule has 0 aliphatic rings. The van der Waals surface area contributed by atoms with E-state index >= 15 is 0 Å². The van der Waals surface area contributed by atoms with Crippen molar-refractivity contribution in [2.75, 3.05) is 0 Å². The number of aliphatic carboxylic acids is 1. The summed E-state index contributed by atoms with van der Waals surface area (Å²) in [5.74, 6) is -0.932. The summed E-state index contributed by atoms with van der Waals surface area (Å²) >= 11 is 0. The van der Waals surface area contributed by atoms with Crippen LogP contribution in [0.1, 0.15) is 0 Å². The summed E-state index contributed by atoms with van der Waals surface area (Å²) in [5, 5.41) is 10.1. The predicted octanol–water partition coefficient (Wildman–Crippen LogP) is -0.757. The van der Waals surface area contributed by atoms with Crippen molar-refractivity contribution in [1.29, 1.82) is 0 Å². The average molecular weight is 276 g/mol. The van der Waals surface area contributed by atoms with Crippen molar-refractivity contribution in [2.45, 2.75) is 6.54 Å². The third kappa shape index (κ3) is 2.38. The first kappa shape index (κ1) is 14.8. The summed E-state index contributed by atoms with van der Waals surface area (Å²) in [5.41, 5.74) is 1.23. The standard InChI is InChI=1S/C15H11NO3.Na/c17-14(18)9-16-12-7-3-1-5-10(12)15(19)11-6-2-4-8-13(11)16;/h1-8H,9H2,(H,17,18);/q;+1. The first-order valence-corrected chi connectivity index (χ1v) is 5.90. The smallest absolute Gasteiger partial charge is 0.480 e. The minimum atomic E-state index is -0.932. The Morgan fingerprint density at radius 1 is 0.950 bits per heavy atom. The molecule has 3 rings (SSSR count). The Kier molecular flexibility index (Phi) is 4.28. The maximum absolute atomic E-state index is 12.4. The van der Waals surface area contributed by atoms with Crippen molar-refractivity contribution in [2.24, 2.45) is 0 Å². The quantitative estimate of drug-likeness (QED) is 0.494. The Balaban J connectivity index is 0.00000147. The van der Waals surface area contributed by atoms with Crippen molar-refractivity contribution >= 4 is 27.8 Å². The molecule has 5 heteroatoms. The number of para-hydroxylation sites is 2. The summed E-state index contributed by atoms with van der Waals surface area (Å²) < 4.78 is 1.66. The Hall–Kier alpha value is -1.62. The fourth-order valence-electron chi connectivity index (χ4n) is 2.38. The second-order valence-electron chi connectivity index (χ2n) is 4.34. The van der Waals surface area contributed by atoms with Gasteiger partial charge in [-0.25, -0.2) is 0 Å². The van der Waals surface area contributed by atoms with E-state index in [1.165, 1.54) is 0 Å². The van der Waals surface area contributed by atoms with E-state index in [0.717, 1.165) is 0 Å². The van der Waals surface area contributed by atoms with Crippen LogP contribution < -0.4 is 35.0 Å². The molecular weight excluding hydrogens is 265 g/mol. The SMILES string of the molecule is O=C(O)Cn1c2ccccc2c(=O)c2ccccc21.[Na+]. The molecule has 0 aliphatic heterocycles. The van der Waals surface area contributed by atoms with Gasteiger partial charge in [0.2, 0.25) is 0 Å². The summed E-state index contributed by atoms with van der Waals surface area (Å²) in [7, 11) is 0. The molecule has 1 N–H and O–H groups in total. The van der Waals surface area contributed by atoms with E-state index in [2.05, 4.69) is 0 Å². The van der Waals surface area contributed by atoms with E-state index in [1.807, 2.05) is 0 Å². The van der Waals surface area contributed by atoms with Crippen LogP contribution in [0.3, 0.4) is 0 Å². The zero-order valence-corrected chi connectivity index (χ0v) is 13.0. The molecule has 2 aromatic carbocycles. The van der Waals surface area contributed by atoms with E-state index < -0.39 is 5.97 Å². The molecule has 0 spiro atoms. The third-order valence-electron chi connectivity index (χ3n) is 3.17. The first-order chi connectivity index (χ1) is 9.18. The molecule has 0 aliphatic carbocycles. The van der Waals surface area contributed by atoms with E-state index in [0.29, 0.717) is 21.8 Å². The Labute approximate surface area is 136 Å². The largest absolute Gasteiger partial charge is 1.00 e. The first-order valence-electron chi connectivity index (χ1n) is 5.90. The van der Waals surface area contributed by atoms with Crippen LogP contribution in [-0.4, -0.2) is 15.6 Å². The van der Waals surface area contributed by atoms with Gasteiger partial charge in [-0.1, -0.05) is 24.3 Å². The van der Waals surface area contributed by atoms with Gasteiger partial charge in [-0.15, -0.1) is 0 Å². The van der Waals surface area contributed by atoms with E-state index in [1.54, 1.807) is 53.1 Å². The van der Waals surface area contributed by atoms with Gasteiger partial charge >= 0.3 is 35.5 Å². The number of hydrogen-bond acceptors (Lipinski definition) is 2. The number of carboxylic acid groups (broad SMARTS) is 1. The number of rotatable bonds is 2. The van der Waals surface area contributed by atoms with Crippen LogP contribution in [0.25, 0.3) is 21.8 Å². The fraction of sp³-hybridized carbons (Fsp3) is 0.0667. The topological polar surface area (TPSA) is 59.3 Å². The van der Waals surface area contributed by atoms with Crippen molar-refractivity contribution in [3.63, 3.8) is 0 Å². The fourth-order valence-corrected chi connectivity index (χ4v) is 2.38. The van der Waals surface area contributed by atoms with Crippen molar-refractivity contribution in [1.82, 2.24) is 4.57 Å². The molecule has 1 heterocycles. The van der Waals surface area contributed by atoms with E-state index in [4.69, 9.17) is 5.11 Å². The number of nitrogens with zero attached hydrogens (tertiary/aromatic N) is 1. The monoisotopic (exact) mass is 276 g/mol. The summed E-state index contributed by atoms with van der Waals surface area (Å²) in [6.45, 7) is -0.165. The molecule has 0 amide bonds. The molecular formula is C15H11NNaO3+. The molecule has 1 aromatic heterocycles. The molecule has 0 saturated heterocycles. The van der Waals surface area contributed by atoms with Crippen LogP contribution in [0.2, 0.25) is 0 Å². The minimum absolute atomic E-state index is 0. The van der Waals surface area contributed by atoms with Crippen molar-refractivity contribution < 1.29 is 39.5 Å². The number of fused-ring (bicyclic) bond motifs is 2. The summed E-state index contributed by atoms with van der Waals surface area (Å²) in [6, 6.07) is 14.2. The molecule has 20 heavy (non-hydrogen) atoms. The van der Waals surface area contributed by atoms with Crippen LogP contribution >= 0.6 is 0 Å². The molecule has 0 saturated carbocycles. The van der Waals surface area contributed by atoms with Gasteiger partial charge in [0.1, 0.15) is 6.54 Å². The molecule has 3 aromatic rings. The molecule has 0 atom stereocenters. The zero-order chi connectivity index (χ0) is 13.4. The minimum Gasteiger partial charge on any atom is -0.480 e. The average Bonchev–Trinajstić information content (AvgIpc) is 2.43. The van der Waals surface area contributed by atoms with Gasteiger partial charge in [-0.3, -0.25) is 9.59 Å². The van der Waals surface area contributed by atoms with Gasteiger partial charge in [0.15, 0.2) is 5.43 Å². The van der Waals surface area contributed by atoms with Gasteiger partial charge in [-0.05, 0) is 24.3 Å². The van der Waals surface area contributed by atoms with Crippen LogP contribution in [0.4, 0.5) is 0 Å². The van der Waals surface area contributed by atoms with Gasteiger partial charge in [0, 0.05) is 10.8 Å². The number of carbonyl (C=O) groups is 1. The molecule has 0 radical (unpaired) electrons. The Morgan fingerprint density at radius 2 is 1.40 bits per heavy atom. The van der Waals surface area contributed by atoms with E-state index in [9.17, 15) is 9.59 Å². The normalized spacial score (nSPS) is 10.4. The number of pyridine rings is 1. The zero-order valence-electron chi connectivity index (χ0n) is 11.0. The van der Waals surface area contributed by atoms with E-state index in [-0.39, 0.29) is 41.5 Å². The maximum Gasteiger partial charge on any atom is 1.00 e. The summed E-state index contributed by atoms with van der Waals surface area (Å²) in [6.07, 6.45) is 0. The van der Waals surface area contributed by atoms with Crippen LogP contribution in [0.5, 0.6) is 0 Å². The molecule has 0 unspecified atom stereocenters. The molecule has 4 nitrogen and oxygen atoms in total. The second kappa shape index (κ2) is 5.79. The van der Waals surface area contributed by atoms with Gasteiger partial charge in [-0.2, -0.15) is 0 Å². The number of aromatic nitrogens is 1. The van der Waals surface area contributed by atoms with Crippen molar-refractivity contribution in [3.05, 3.63) is 58.8 Å². The molecule has 0 bridgehead atoms. The van der Waals surface area contributed by atoms with Gasteiger partial charge < -0.3 is 9.67 Å². The second-order valence-corrected chi connectivity index (χ2v) is 4.34. The number of benzene rings is 2. The van der Waals surface area contributed by atoms with Gasteiger partial charge in [0.25, 0.3) is 0 Å². The molecule has 94 valence electrons.